The van der Waals surface area contributed by atoms with E-state index in [9.17, 15) is 14.4 Å². The Morgan fingerprint density at radius 1 is 1.34 bits per heavy atom. The van der Waals surface area contributed by atoms with Gasteiger partial charge in [-0.3, -0.25) is 9.59 Å². The fourth-order valence-electron chi connectivity index (χ4n) is 2.12. The lowest BCUT2D eigenvalue weighted by Crippen LogP contribution is -2.26. The minimum atomic E-state index is -1.07. The number of rotatable bonds is 9. The van der Waals surface area contributed by atoms with Gasteiger partial charge >= 0.3 is 11.9 Å². The molecule has 156 valence electrons. The first-order valence-corrected chi connectivity index (χ1v) is 9.97. The van der Waals surface area contributed by atoms with Crippen LogP contribution in [0.2, 0.25) is 0 Å². The van der Waals surface area contributed by atoms with Gasteiger partial charge < -0.3 is 24.6 Å². The predicted octanol–water partition coefficient (Wildman–Crippen LogP) is 1.80. The van der Waals surface area contributed by atoms with Gasteiger partial charge in [-0.05, 0) is 35.0 Å². The molecule has 0 radical (unpaired) electrons. The monoisotopic (exact) mass is 487 g/mol. The number of carboxylic acids is 1. The number of hydrogen-bond donors (Lipinski definition) is 2. The third kappa shape index (κ3) is 6.75. The SMILES string of the molecule is CCOc1cc(C=NN=C2NC(=O)C(CC(=O)O)S2)c(Br)cc1OCC(=O)OC. The molecule has 0 aliphatic carbocycles. The standard InChI is InChI=1S/C17H18BrN3O7S/c1-3-27-11-4-9(10(18)5-12(11)28-8-15(24)26-2)7-19-21-17-20-16(25)13(29-17)6-14(22)23/h4-5,7,13H,3,6,8H2,1-2H3,(H,22,23)(H,20,21,25). The van der Waals surface area contributed by atoms with Crippen LogP contribution in [0.5, 0.6) is 11.5 Å². The van der Waals surface area contributed by atoms with Gasteiger partial charge in [-0.2, -0.15) is 5.10 Å². The number of nitrogens with one attached hydrogen (secondary N) is 1. The van der Waals surface area contributed by atoms with Gasteiger partial charge in [0, 0.05) is 10.0 Å². The number of amides is 1. The summed E-state index contributed by atoms with van der Waals surface area (Å²) in [6.07, 6.45) is 1.14. The number of carbonyl (C=O) groups is 3. The minimum Gasteiger partial charge on any atom is -0.490 e. The van der Waals surface area contributed by atoms with E-state index < -0.39 is 23.1 Å². The Morgan fingerprint density at radius 3 is 2.72 bits per heavy atom. The van der Waals surface area contributed by atoms with Crippen LogP contribution in [0.25, 0.3) is 0 Å². The van der Waals surface area contributed by atoms with Gasteiger partial charge in [0.05, 0.1) is 26.4 Å². The van der Waals surface area contributed by atoms with Crippen LogP contribution in [-0.4, -0.2) is 59.9 Å². The molecular formula is C17H18BrN3O7S. The van der Waals surface area contributed by atoms with Gasteiger partial charge in [-0.25, -0.2) is 4.79 Å². The third-order valence-corrected chi connectivity index (χ3v) is 5.18. The molecule has 10 nitrogen and oxygen atoms in total. The third-order valence-electron chi connectivity index (χ3n) is 3.42. The highest BCUT2D eigenvalue weighted by Crippen LogP contribution is 2.33. The lowest BCUT2D eigenvalue weighted by Gasteiger charge is -2.13. The molecule has 1 aromatic rings. The van der Waals surface area contributed by atoms with Gasteiger partial charge in [-0.1, -0.05) is 11.8 Å². The van der Waals surface area contributed by atoms with Crippen LogP contribution in [0.1, 0.15) is 18.9 Å². The average Bonchev–Trinajstić information content (AvgIpc) is 3.01. The molecule has 2 rings (SSSR count). The number of aliphatic carboxylic acids is 1. The van der Waals surface area contributed by atoms with Crippen LogP contribution in [0.15, 0.2) is 26.8 Å². The normalized spacial score (nSPS) is 17.4. The topological polar surface area (TPSA) is 136 Å². The van der Waals surface area contributed by atoms with Crippen molar-refractivity contribution in [2.45, 2.75) is 18.6 Å². The predicted molar refractivity (Wildman–Crippen MR) is 110 cm³/mol. The van der Waals surface area contributed by atoms with E-state index in [2.05, 4.69) is 36.2 Å². The van der Waals surface area contributed by atoms with E-state index in [4.69, 9.17) is 14.6 Å². The molecule has 1 heterocycles. The van der Waals surface area contributed by atoms with Crippen molar-refractivity contribution in [2.75, 3.05) is 20.3 Å². The van der Waals surface area contributed by atoms with E-state index in [1.54, 1.807) is 19.1 Å². The van der Waals surface area contributed by atoms with Gasteiger partial charge in [0.1, 0.15) is 5.25 Å². The molecule has 1 aliphatic heterocycles. The Morgan fingerprint density at radius 2 is 2.07 bits per heavy atom. The number of ether oxygens (including phenoxy) is 3. The van der Waals surface area contributed by atoms with Gasteiger partial charge in [-0.15, -0.1) is 5.10 Å². The summed E-state index contributed by atoms with van der Waals surface area (Å²) in [6.45, 7) is 1.92. The Balaban J connectivity index is 2.13. The van der Waals surface area contributed by atoms with Crippen molar-refractivity contribution in [1.29, 1.82) is 0 Å². The van der Waals surface area contributed by atoms with Crippen LogP contribution in [0.4, 0.5) is 0 Å². The number of nitrogens with zero attached hydrogens (tertiary/aromatic N) is 2. The number of methoxy groups -OCH3 is 1. The van der Waals surface area contributed by atoms with E-state index in [0.717, 1.165) is 11.8 Å². The number of carboxylic acid groups (broad SMARTS) is 1. The van der Waals surface area contributed by atoms with Gasteiger partial charge in [0.15, 0.2) is 23.3 Å². The first-order chi connectivity index (χ1) is 13.8. The van der Waals surface area contributed by atoms with Crippen LogP contribution in [-0.2, 0) is 19.1 Å². The highest BCUT2D eigenvalue weighted by molar-refractivity contribution is 9.10. The Kier molecular flexibility index (Phi) is 8.46. The number of hydrogen-bond acceptors (Lipinski definition) is 9. The zero-order chi connectivity index (χ0) is 21.4. The average molecular weight is 488 g/mol. The van der Waals surface area contributed by atoms with E-state index >= 15 is 0 Å². The summed E-state index contributed by atoms with van der Waals surface area (Å²) in [6, 6.07) is 3.27. The Labute approximate surface area is 178 Å². The fraction of sp³-hybridized carbons (Fsp3) is 0.353. The van der Waals surface area contributed by atoms with Gasteiger partial charge in [0.2, 0.25) is 5.91 Å². The molecule has 2 N–H and O–H groups in total. The second-order valence-electron chi connectivity index (χ2n) is 5.46. The zero-order valence-corrected chi connectivity index (χ0v) is 17.9. The molecule has 1 aliphatic rings. The number of amidine groups is 1. The Bertz CT molecular complexity index is 860. The van der Waals surface area contributed by atoms with E-state index in [1.807, 2.05) is 0 Å². The summed E-state index contributed by atoms with van der Waals surface area (Å²) in [5, 5.41) is 18.6. The van der Waals surface area contributed by atoms with Crippen molar-refractivity contribution in [2.24, 2.45) is 10.2 Å². The molecule has 1 unspecified atom stereocenters. The van der Waals surface area contributed by atoms with Crippen molar-refractivity contribution < 1.29 is 33.7 Å². The number of halogens is 1. The van der Waals surface area contributed by atoms with Crippen molar-refractivity contribution in [3.63, 3.8) is 0 Å². The molecule has 1 atom stereocenters. The molecule has 12 heteroatoms. The highest BCUT2D eigenvalue weighted by Gasteiger charge is 2.32. The zero-order valence-electron chi connectivity index (χ0n) is 15.5. The van der Waals surface area contributed by atoms with Crippen molar-refractivity contribution in [1.82, 2.24) is 5.32 Å². The summed E-state index contributed by atoms with van der Waals surface area (Å²) in [7, 11) is 1.26. The van der Waals surface area contributed by atoms with Crippen LogP contribution >= 0.6 is 27.7 Å². The first-order valence-electron chi connectivity index (χ1n) is 8.30. The quantitative estimate of drug-likeness (QED) is 0.305. The van der Waals surface area contributed by atoms with Crippen LogP contribution in [0.3, 0.4) is 0 Å². The number of thioether (sulfide) groups is 1. The first kappa shape index (κ1) is 22.7. The summed E-state index contributed by atoms with van der Waals surface area (Å²) < 4.78 is 16.1. The highest BCUT2D eigenvalue weighted by atomic mass is 79.9. The summed E-state index contributed by atoms with van der Waals surface area (Å²) in [5.41, 5.74) is 0.611. The largest absolute Gasteiger partial charge is 0.490 e. The lowest BCUT2D eigenvalue weighted by molar-refractivity contribution is -0.143. The maximum absolute atomic E-state index is 11.7. The molecule has 1 amide bonds. The number of esters is 1. The molecule has 1 saturated heterocycles. The lowest BCUT2D eigenvalue weighted by atomic mass is 10.2. The molecular weight excluding hydrogens is 470 g/mol. The van der Waals surface area contributed by atoms with Crippen molar-refractivity contribution in [3.8, 4) is 11.5 Å². The minimum absolute atomic E-state index is 0.219. The second-order valence-corrected chi connectivity index (χ2v) is 7.51. The van der Waals surface area contributed by atoms with Crippen molar-refractivity contribution >= 4 is 56.9 Å². The van der Waals surface area contributed by atoms with Crippen molar-refractivity contribution in [3.05, 3.63) is 22.2 Å². The molecule has 1 aromatic carbocycles. The van der Waals surface area contributed by atoms with Crippen LogP contribution in [0, 0.1) is 0 Å². The maximum atomic E-state index is 11.7. The fourth-order valence-corrected chi connectivity index (χ4v) is 3.46. The molecule has 0 aromatic heterocycles. The smallest absolute Gasteiger partial charge is 0.343 e. The van der Waals surface area contributed by atoms with E-state index in [-0.39, 0.29) is 18.2 Å². The van der Waals surface area contributed by atoms with E-state index in [1.165, 1.54) is 13.3 Å². The summed E-state index contributed by atoms with van der Waals surface area (Å²) in [4.78, 5) is 33.7. The summed E-state index contributed by atoms with van der Waals surface area (Å²) >= 11 is 4.39. The molecule has 29 heavy (non-hydrogen) atoms. The molecule has 0 saturated carbocycles. The maximum Gasteiger partial charge on any atom is 0.343 e. The van der Waals surface area contributed by atoms with E-state index in [0.29, 0.717) is 28.1 Å². The molecule has 1 fully saturated rings. The second kappa shape index (κ2) is 10.8. The summed E-state index contributed by atoms with van der Waals surface area (Å²) in [5.74, 6) is -1.26. The van der Waals surface area contributed by atoms with Crippen LogP contribution < -0.4 is 14.8 Å². The molecule has 0 spiro atoms. The number of carbonyl (C=O) groups excluding carboxylic acids is 2. The Hall–Kier alpha value is -2.60. The van der Waals surface area contributed by atoms with Gasteiger partial charge in [0.25, 0.3) is 0 Å². The number of benzene rings is 1. The molecule has 0 bridgehead atoms.